The van der Waals surface area contributed by atoms with Gasteiger partial charge in [0.15, 0.2) is 0 Å². The molecule has 1 aromatic rings. The Morgan fingerprint density at radius 3 is 2.53 bits per heavy atom. The Balaban J connectivity index is 2.83. The Labute approximate surface area is 116 Å². The van der Waals surface area contributed by atoms with Crippen molar-refractivity contribution < 1.29 is 0 Å². The standard InChI is InChI=1S/C15H24N4/c1-4-19(9-5-8-18(2)3)15-7-6-13(11-16)10-14(15)12-17/h6-7,10H,4-5,8-9,11,16H2,1-3H3. The summed E-state index contributed by atoms with van der Waals surface area (Å²) in [5.41, 5.74) is 8.35. The van der Waals surface area contributed by atoms with Crippen LogP contribution in [0, 0.1) is 11.3 Å². The maximum absolute atomic E-state index is 9.27. The fourth-order valence-corrected chi connectivity index (χ4v) is 2.10. The van der Waals surface area contributed by atoms with Gasteiger partial charge < -0.3 is 15.5 Å². The van der Waals surface area contributed by atoms with Gasteiger partial charge in [0.25, 0.3) is 0 Å². The normalized spacial score (nSPS) is 10.5. The molecule has 4 heteroatoms. The van der Waals surface area contributed by atoms with Gasteiger partial charge in [0, 0.05) is 19.6 Å². The van der Waals surface area contributed by atoms with Crippen LogP contribution >= 0.6 is 0 Å². The lowest BCUT2D eigenvalue weighted by molar-refractivity contribution is 0.400. The SMILES string of the molecule is CCN(CCCN(C)C)c1ccc(CN)cc1C#N. The molecule has 19 heavy (non-hydrogen) atoms. The highest BCUT2D eigenvalue weighted by Gasteiger charge is 2.10. The van der Waals surface area contributed by atoms with Crippen LogP contribution in [-0.2, 0) is 6.54 Å². The average Bonchev–Trinajstić information content (AvgIpc) is 2.42. The summed E-state index contributed by atoms with van der Waals surface area (Å²) in [5.74, 6) is 0. The highest BCUT2D eigenvalue weighted by atomic mass is 15.1. The summed E-state index contributed by atoms with van der Waals surface area (Å²) in [7, 11) is 4.15. The van der Waals surface area contributed by atoms with Gasteiger partial charge in [-0.15, -0.1) is 0 Å². The highest BCUT2D eigenvalue weighted by Crippen LogP contribution is 2.21. The molecule has 0 unspecified atom stereocenters. The van der Waals surface area contributed by atoms with Crippen LogP contribution in [0.1, 0.15) is 24.5 Å². The fraction of sp³-hybridized carbons (Fsp3) is 0.533. The van der Waals surface area contributed by atoms with Crippen molar-refractivity contribution in [3.8, 4) is 6.07 Å². The maximum Gasteiger partial charge on any atom is 0.101 e. The first-order valence-electron chi connectivity index (χ1n) is 6.75. The number of rotatable bonds is 7. The van der Waals surface area contributed by atoms with Crippen molar-refractivity contribution >= 4 is 5.69 Å². The number of nitrogens with zero attached hydrogens (tertiary/aromatic N) is 3. The van der Waals surface area contributed by atoms with Gasteiger partial charge >= 0.3 is 0 Å². The van der Waals surface area contributed by atoms with Crippen LogP contribution in [0.15, 0.2) is 18.2 Å². The lowest BCUT2D eigenvalue weighted by Gasteiger charge is -2.25. The predicted molar refractivity (Wildman–Crippen MR) is 80.1 cm³/mol. The van der Waals surface area contributed by atoms with E-state index < -0.39 is 0 Å². The molecule has 0 spiro atoms. The van der Waals surface area contributed by atoms with Crippen molar-refractivity contribution in [3.63, 3.8) is 0 Å². The van der Waals surface area contributed by atoms with E-state index in [-0.39, 0.29) is 0 Å². The van der Waals surface area contributed by atoms with Gasteiger partial charge in [-0.1, -0.05) is 6.07 Å². The van der Waals surface area contributed by atoms with E-state index in [0.29, 0.717) is 6.54 Å². The molecule has 0 saturated heterocycles. The summed E-state index contributed by atoms with van der Waals surface area (Å²) < 4.78 is 0. The molecule has 4 nitrogen and oxygen atoms in total. The van der Waals surface area contributed by atoms with Gasteiger partial charge in [-0.05, 0) is 51.7 Å². The zero-order valence-corrected chi connectivity index (χ0v) is 12.2. The lowest BCUT2D eigenvalue weighted by Crippen LogP contribution is -2.27. The highest BCUT2D eigenvalue weighted by molar-refractivity contribution is 5.60. The average molecular weight is 260 g/mol. The Bertz CT molecular complexity index is 434. The minimum Gasteiger partial charge on any atom is -0.371 e. The molecule has 0 atom stereocenters. The molecule has 2 N–H and O–H groups in total. The zero-order valence-electron chi connectivity index (χ0n) is 12.2. The number of nitrogens with two attached hydrogens (primary N) is 1. The van der Waals surface area contributed by atoms with Crippen LogP contribution in [0.3, 0.4) is 0 Å². The van der Waals surface area contributed by atoms with E-state index in [2.05, 4.69) is 36.9 Å². The predicted octanol–water partition coefficient (Wildman–Crippen LogP) is 1.79. The van der Waals surface area contributed by atoms with Gasteiger partial charge in [0.1, 0.15) is 6.07 Å². The first-order valence-corrected chi connectivity index (χ1v) is 6.75. The number of nitriles is 1. The minimum atomic E-state index is 0.474. The molecule has 0 aliphatic carbocycles. The van der Waals surface area contributed by atoms with Crippen LogP contribution in [0.2, 0.25) is 0 Å². The van der Waals surface area contributed by atoms with E-state index in [9.17, 15) is 5.26 Å². The number of hydrogen-bond acceptors (Lipinski definition) is 4. The fourth-order valence-electron chi connectivity index (χ4n) is 2.10. The van der Waals surface area contributed by atoms with Gasteiger partial charge in [-0.3, -0.25) is 0 Å². The second kappa shape index (κ2) is 7.78. The van der Waals surface area contributed by atoms with Crippen molar-refractivity contribution in [2.75, 3.05) is 38.6 Å². The van der Waals surface area contributed by atoms with Gasteiger partial charge in [-0.2, -0.15) is 5.26 Å². The largest absolute Gasteiger partial charge is 0.371 e. The van der Waals surface area contributed by atoms with Crippen molar-refractivity contribution in [2.45, 2.75) is 19.9 Å². The third kappa shape index (κ3) is 4.55. The Kier molecular flexibility index (Phi) is 6.34. The smallest absolute Gasteiger partial charge is 0.101 e. The van der Waals surface area contributed by atoms with Crippen LogP contribution in [0.4, 0.5) is 5.69 Å². The molecule has 0 amide bonds. The van der Waals surface area contributed by atoms with Crippen molar-refractivity contribution in [1.82, 2.24) is 4.90 Å². The molecule has 1 rings (SSSR count). The molecule has 104 valence electrons. The van der Waals surface area contributed by atoms with Crippen molar-refractivity contribution in [3.05, 3.63) is 29.3 Å². The zero-order chi connectivity index (χ0) is 14.3. The first kappa shape index (κ1) is 15.5. The summed E-state index contributed by atoms with van der Waals surface area (Å²) in [4.78, 5) is 4.43. The Hall–Kier alpha value is -1.57. The summed E-state index contributed by atoms with van der Waals surface area (Å²) in [6, 6.07) is 8.19. The third-order valence-corrected chi connectivity index (χ3v) is 3.17. The number of anilines is 1. The molecule has 0 aliphatic rings. The molecule has 0 fully saturated rings. The van der Waals surface area contributed by atoms with E-state index >= 15 is 0 Å². The molecule has 0 bridgehead atoms. The summed E-state index contributed by atoms with van der Waals surface area (Å²) >= 11 is 0. The third-order valence-electron chi connectivity index (χ3n) is 3.17. The molecular formula is C15H24N4. The molecule has 1 aromatic carbocycles. The van der Waals surface area contributed by atoms with E-state index in [1.165, 1.54) is 0 Å². The molecule has 0 aromatic heterocycles. The second-order valence-electron chi connectivity index (χ2n) is 4.90. The first-order chi connectivity index (χ1) is 9.12. The minimum absolute atomic E-state index is 0.474. The summed E-state index contributed by atoms with van der Waals surface area (Å²) in [6.45, 7) is 5.52. The molecular weight excluding hydrogens is 236 g/mol. The van der Waals surface area contributed by atoms with E-state index in [0.717, 1.165) is 42.9 Å². The Morgan fingerprint density at radius 1 is 1.26 bits per heavy atom. The van der Waals surface area contributed by atoms with E-state index in [1.807, 2.05) is 18.2 Å². The van der Waals surface area contributed by atoms with Crippen molar-refractivity contribution in [1.29, 1.82) is 5.26 Å². The molecule has 0 heterocycles. The van der Waals surface area contributed by atoms with Crippen molar-refractivity contribution in [2.24, 2.45) is 5.73 Å². The molecule has 0 saturated carbocycles. The monoisotopic (exact) mass is 260 g/mol. The number of benzene rings is 1. The maximum atomic E-state index is 9.27. The van der Waals surface area contributed by atoms with E-state index in [4.69, 9.17) is 5.73 Å². The van der Waals surface area contributed by atoms with Crippen LogP contribution in [-0.4, -0.2) is 38.6 Å². The van der Waals surface area contributed by atoms with Gasteiger partial charge in [-0.25, -0.2) is 0 Å². The van der Waals surface area contributed by atoms with Crippen LogP contribution in [0.25, 0.3) is 0 Å². The van der Waals surface area contributed by atoms with Gasteiger partial charge in [0.05, 0.1) is 11.3 Å². The lowest BCUT2D eigenvalue weighted by atomic mass is 10.1. The van der Waals surface area contributed by atoms with Gasteiger partial charge in [0.2, 0.25) is 0 Å². The summed E-state index contributed by atoms with van der Waals surface area (Å²) in [5, 5.41) is 9.27. The topological polar surface area (TPSA) is 56.3 Å². The van der Waals surface area contributed by atoms with E-state index in [1.54, 1.807) is 0 Å². The second-order valence-corrected chi connectivity index (χ2v) is 4.90. The summed E-state index contributed by atoms with van der Waals surface area (Å²) in [6.07, 6.45) is 1.09. The molecule has 0 radical (unpaired) electrons. The van der Waals surface area contributed by atoms with Crippen LogP contribution in [0.5, 0.6) is 0 Å². The number of hydrogen-bond donors (Lipinski definition) is 1. The quantitative estimate of drug-likeness (QED) is 0.812. The Morgan fingerprint density at radius 2 is 2.00 bits per heavy atom. The molecule has 0 aliphatic heterocycles. The van der Waals surface area contributed by atoms with Crippen LogP contribution < -0.4 is 10.6 Å².